The molecule has 1 N–H and O–H groups in total. The first-order chi connectivity index (χ1) is 17.3. The summed E-state index contributed by atoms with van der Waals surface area (Å²) in [5, 5.41) is 7.48. The predicted octanol–water partition coefficient (Wildman–Crippen LogP) is 5.85. The van der Waals surface area contributed by atoms with E-state index in [2.05, 4.69) is 10.3 Å². The molecule has 0 saturated heterocycles. The SMILES string of the molecule is CC(C)(C)OC(=O)Nc1cc(-c2c(-c3ccc(F)cc3)nn3c2CN(C(=O)OC(C)(C)C)CC3)ccn1. The summed E-state index contributed by atoms with van der Waals surface area (Å²) in [6, 6.07) is 9.62. The van der Waals surface area contributed by atoms with Gasteiger partial charge in [-0.2, -0.15) is 5.10 Å². The maximum Gasteiger partial charge on any atom is 0.413 e. The maximum absolute atomic E-state index is 13.7. The highest BCUT2D eigenvalue weighted by atomic mass is 19.1. The van der Waals surface area contributed by atoms with E-state index in [1.54, 1.807) is 56.1 Å². The molecule has 0 spiro atoms. The fraction of sp³-hybridized carbons (Fsp3) is 0.407. The van der Waals surface area contributed by atoms with Gasteiger partial charge in [0.2, 0.25) is 0 Å². The second-order valence-electron chi connectivity index (χ2n) is 10.9. The van der Waals surface area contributed by atoms with Crippen LogP contribution in [0.25, 0.3) is 22.4 Å². The summed E-state index contributed by atoms with van der Waals surface area (Å²) in [6.45, 7) is 12.0. The minimum atomic E-state index is -0.659. The Balaban J connectivity index is 1.75. The summed E-state index contributed by atoms with van der Waals surface area (Å²) in [7, 11) is 0. The van der Waals surface area contributed by atoms with Gasteiger partial charge in [0.15, 0.2) is 0 Å². The van der Waals surface area contributed by atoms with Crippen molar-refractivity contribution in [1.29, 1.82) is 0 Å². The smallest absolute Gasteiger partial charge is 0.413 e. The lowest BCUT2D eigenvalue weighted by molar-refractivity contribution is 0.0194. The predicted molar refractivity (Wildman–Crippen MR) is 137 cm³/mol. The van der Waals surface area contributed by atoms with Crippen LogP contribution >= 0.6 is 0 Å². The molecular formula is C27H32FN5O4. The zero-order valence-corrected chi connectivity index (χ0v) is 22.0. The highest BCUT2D eigenvalue weighted by Gasteiger charge is 2.30. The first-order valence-electron chi connectivity index (χ1n) is 12.1. The number of hydrogen-bond acceptors (Lipinski definition) is 6. The number of nitrogens with zero attached hydrogens (tertiary/aromatic N) is 4. The summed E-state index contributed by atoms with van der Waals surface area (Å²) in [5.74, 6) is -0.0466. The Morgan fingerprint density at radius 2 is 1.62 bits per heavy atom. The zero-order valence-electron chi connectivity index (χ0n) is 22.0. The summed E-state index contributed by atoms with van der Waals surface area (Å²) >= 11 is 0. The number of rotatable bonds is 3. The second kappa shape index (κ2) is 9.84. The monoisotopic (exact) mass is 509 g/mol. The molecule has 1 aromatic carbocycles. The Morgan fingerprint density at radius 3 is 2.27 bits per heavy atom. The van der Waals surface area contributed by atoms with Gasteiger partial charge in [-0.05, 0) is 83.5 Å². The molecule has 4 rings (SSSR count). The Bertz CT molecular complexity index is 1310. The molecule has 0 fully saturated rings. The number of amides is 2. The number of carbonyl (C=O) groups excluding carboxylic acids is 2. The number of carbonyl (C=O) groups is 2. The van der Waals surface area contributed by atoms with Gasteiger partial charge < -0.3 is 14.4 Å². The summed E-state index contributed by atoms with van der Waals surface area (Å²) in [4.78, 5) is 31.1. The minimum Gasteiger partial charge on any atom is -0.444 e. The van der Waals surface area contributed by atoms with Crippen LogP contribution in [0.1, 0.15) is 47.2 Å². The first kappa shape index (κ1) is 26.1. The quantitative estimate of drug-likeness (QED) is 0.476. The van der Waals surface area contributed by atoms with Crippen LogP contribution in [0.15, 0.2) is 42.6 Å². The molecule has 3 heterocycles. The van der Waals surface area contributed by atoms with Gasteiger partial charge >= 0.3 is 12.2 Å². The second-order valence-corrected chi connectivity index (χ2v) is 10.9. The van der Waals surface area contributed by atoms with E-state index >= 15 is 0 Å². The molecule has 0 aliphatic carbocycles. The highest BCUT2D eigenvalue weighted by Crippen LogP contribution is 2.37. The molecular weight excluding hydrogens is 477 g/mol. The van der Waals surface area contributed by atoms with Crippen LogP contribution in [0.5, 0.6) is 0 Å². The van der Waals surface area contributed by atoms with Crippen LogP contribution in [-0.4, -0.2) is 49.6 Å². The first-order valence-corrected chi connectivity index (χ1v) is 12.1. The van der Waals surface area contributed by atoms with Crippen LogP contribution in [0.2, 0.25) is 0 Å². The van der Waals surface area contributed by atoms with Gasteiger partial charge in [-0.25, -0.2) is 19.0 Å². The standard InChI is InChI=1S/C27H32FN5O4/c1-26(2,3)36-24(34)30-21-15-18(11-12-29-21)22-20-16-32(25(35)37-27(4,5)6)13-14-33(20)31-23(22)17-7-9-19(28)10-8-17/h7-12,15H,13-14,16H2,1-6H3,(H,29,30,34). The molecule has 2 aromatic heterocycles. The van der Waals surface area contributed by atoms with Crippen LogP contribution in [0.4, 0.5) is 19.8 Å². The van der Waals surface area contributed by atoms with E-state index in [1.807, 2.05) is 25.5 Å². The molecule has 1 aliphatic rings. The lowest BCUT2D eigenvalue weighted by Crippen LogP contribution is -2.41. The molecule has 37 heavy (non-hydrogen) atoms. The molecule has 3 aromatic rings. The number of pyridine rings is 1. The van der Waals surface area contributed by atoms with Crippen molar-refractivity contribution in [2.45, 2.75) is 65.8 Å². The van der Waals surface area contributed by atoms with Crippen LogP contribution in [0, 0.1) is 5.82 Å². The van der Waals surface area contributed by atoms with E-state index in [0.717, 1.165) is 22.4 Å². The van der Waals surface area contributed by atoms with Crippen LogP contribution < -0.4 is 5.32 Å². The molecule has 9 nitrogen and oxygen atoms in total. The summed E-state index contributed by atoms with van der Waals surface area (Å²) in [5.41, 5.74) is 2.36. The molecule has 2 amide bonds. The van der Waals surface area contributed by atoms with E-state index in [-0.39, 0.29) is 12.4 Å². The Morgan fingerprint density at radius 1 is 0.946 bits per heavy atom. The Labute approximate surface area is 215 Å². The zero-order chi connectivity index (χ0) is 27.0. The lowest BCUT2D eigenvalue weighted by atomic mass is 9.98. The molecule has 0 atom stereocenters. The van der Waals surface area contributed by atoms with Crippen molar-refractivity contribution < 1.29 is 23.5 Å². The fourth-order valence-electron chi connectivity index (χ4n) is 3.98. The number of aromatic nitrogens is 3. The molecule has 196 valence electrons. The molecule has 0 saturated carbocycles. The van der Waals surface area contributed by atoms with Crippen molar-refractivity contribution in [3.05, 3.63) is 54.1 Å². The Kier molecular flexibility index (Phi) is 6.94. The minimum absolute atomic E-state index is 0.273. The number of nitrogens with one attached hydrogen (secondary N) is 1. The van der Waals surface area contributed by atoms with E-state index in [4.69, 9.17) is 14.6 Å². The molecule has 0 unspecified atom stereocenters. The van der Waals surface area contributed by atoms with Gasteiger partial charge in [0.05, 0.1) is 18.8 Å². The van der Waals surface area contributed by atoms with Crippen LogP contribution in [0.3, 0.4) is 0 Å². The third-order valence-corrected chi connectivity index (χ3v) is 5.43. The number of benzene rings is 1. The van der Waals surface area contributed by atoms with Crippen molar-refractivity contribution >= 4 is 18.0 Å². The van der Waals surface area contributed by atoms with Gasteiger partial charge in [-0.3, -0.25) is 10.00 Å². The van der Waals surface area contributed by atoms with Crippen molar-refractivity contribution in [3.63, 3.8) is 0 Å². The van der Waals surface area contributed by atoms with E-state index in [0.29, 0.717) is 24.6 Å². The molecule has 10 heteroatoms. The number of halogens is 1. The van der Waals surface area contributed by atoms with E-state index in [1.165, 1.54) is 12.1 Å². The van der Waals surface area contributed by atoms with Crippen molar-refractivity contribution in [2.75, 3.05) is 11.9 Å². The highest BCUT2D eigenvalue weighted by molar-refractivity contribution is 5.87. The summed E-state index contributed by atoms with van der Waals surface area (Å²) in [6.07, 6.45) is 0.551. The van der Waals surface area contributed by atoms with Crippen molar-refractivity contribution in [2.24, 2.45) is 0 Å². The average molecular weight is 510 g/mol. The topological polar surface area (TPSA) is 98.6 Å². The number of anilines is 1. The molecule has 0 radical (unpaired) electrons. The lowest BCUT2D eigenvalue weighted by Gasteiger charge is -2.30. The van der Waals surface area contributed by atoms with Gasteiger partial charge in [0, 0.05) is 23.9 Å². The maximum atomic E-state index is 13.7. The number of ether oxygens (including phenoxy) is 2. The number of hydrogen-bond donors (Lipinski definition) is 1. The Hall–Kier alpha value is -3.95. The van der Waals surface area contributed by atoms with E-state index < -0.39 is 23.4 Å². The average Bonchev–Trinajstić information content (AvgIpc) is 3.16. The number of fused-ring (bicyclic) bond motifs is 1. The third kappa shape index (κ3) is 6.44. The summed E-state index contributed by atoms with van der Waals surface area (Å²) < 4.78 is 26.5. The fourth-order valence-corrected chi connectivity index (χ4v) is 3.98. The molecule has 0 bridgehead atoms. The third-order valence-electron chi connectivity index (χ3n) is 5.43. The van der Waals surface area contributed by atoms with Gasteiger partial charge in [0.1, 0.15) is 28.5 Å². The van der Waals surface area contributed by atoms with Gasteiger partial charge in [-0.15, -0.1) is 0 Å². The molecule has 1 aliphatic heterocycles. The van der Waals surface area contributed by atoms with Gasteiger partial charge in [-0.1, -0.05) is 0 Å². The van der Waals surface area contributed by atoms with Gasteiger partial charge in [0.25, 0.3) is 0 Å². The van der Waals surface area contributed by atoms with Crippen LogP contribution in [-0.2, 0) is 22.6 Å². The van der Waals surface area contributed by atoms with Crippen molar-refractivity contribution in [3.8, 4) is 22.4 Å². The van der Waals surface area contributed by atoms with Crippen molar-refractivity contribution in [1.82, 2.24) is 19.7 Å². The largest absolute Gasteiger partial charge is 0.444 e. The van der Waals surface area contributed by atoms with E-state index in [9.17, 15) is 14.0 Å². The normalized spacial score (nSPS) is 13.6.